The first-order valence-electron chi connectivity index (χ1n) is 5.52. The lowest BCUT2D eigenvalue weighted by Crippen LogP contribution is -2.49. The highest BCUT2D eigenvalue weighted by Crippen LogP contribution is 2.22. The Balaban J connectivity index is 1.88. The monoisotopic (exact) mass is 246 g/mol. The molecule has 3 nitrogen and oxygen atoms in total. The van der Waals surface area contributed by atoms with E-state index in [2.05, 4.69) is 12.2 Å². The fraction of sp³-hybridized carbons (Fsp3) is 0.900. The molecule has 0 aliphatic carbocycles. The van der Waals surface area contributed by atoms with E-state index in [1.807, 2.05) is 28.4 Å². The van der Waals surface area contributed by atoms with Crippen molar-refractivity contribution in [3.63, 3.8) is 0 Å². The molecule has 2 aliphatic rings. The SMILES string of the molecule is CCC1CN(C(=O)C2CSCN2)CCS1. The fourth-order valence-electron chi connectivity index (χ4n) is 1.94. The Morgan fingerprint density at radius 1 is 1.60 bits per heavy atom. The van der Waals surface area contributed by atoms with Crippen LogP contribution in [0, 0.1) is 0 Å². The molecule has 15 heavy (non-hydrogen) atoms. The van der Waals surface area contributed by atoms with Crippen molar-refractivity contribution in [3.05, 3.63) is 0 Å². The summed E-state index contributed by atoms with van der Waals surface area (Å²) in [6.07, 6.45) is 1.17. The smallest absolute Gasteiger partial charge is 0.240 e. The van der Waals surface area contributed by atoms with Crippen LogP contribution in [0.15, 0.2) is 0 Å². The maximum absolute atomic E-state index is 12.1. The van der Waals surface area contributed by atoms with Crippen molar-refractivity contribution >= 4 is 29.4 Å². The minimum atomic E-state index is 0.0793. The highest BCUT2D eigenvalue weighted by atomic mass is 32.2. The van der Waals surface area contributed by atoms with Crippen LogP contribution in [0.4, 0.5) is 0 Å². The number of nitrogens with one attached hydrogen (secondary N) is 1. The minimum Gasteiger partial charge on any atom is -0.339 e. The quantitative estimate of drug-likeness (QED) is 0.788. The molecule has 1 N–H and O–H groups in total. The average Bonchev–Trinajstić information content (AvgIpc) is 2.81. The van der Waals surface area contributed by atoms with Crippen LogP contribution in [-0.2, 0) is 4.79 Å². The van der Waals surface area contributed by atoms with Crippen molar-refractivity contribution in [1.29, 1.82) is 0 Å². The second-order valence-electron chi connectivity index (χ2n) is 3.96. The van der Waals surface area contributed by atoms with Gasteiger partial charge in [0.25, 0.3) is 0 Å². The Morgan fingerprint density at radius 3 is 3.13 bits per heavy atom. The van der Waals surface area contributed by atoms with Gasteiger partial charge in [-0.15, -0.1) is 11.8 Å². The number of amides is 1. The maximum Gasteiger partial charge on any atom is 0.240 e. The minimum absolute atomic E-state index is 0.0793. The molecule has 0 aromatic rings. The van der Waals surface area contributed by atoms with E-state index in [-0.39, 0.29) is 6.04 Å². The Morgan fingerprint density at radius 2 is 2.47 bits per heavy atom. The molecule has 0 spiro atoms. The normalized spacial score (nSPS) is 31.9. The van der Waals surface area contributed by atoms with Crippen LogP contribution in [0.2, 0.25) is 0 Å². The van der Waals surface area contributed by atoms with Gasteiger partial charge in [-0.25, -0.2) is 0 Å². The van der Waals surface area contributed by atoms with Gasteiger partial charge in [-0.3, -0.25) is 10.1 Å². The molecule has 2 saturated heterocycles. The third kappa shape index (κ3) is 2.82. The molecular formula is C10H18N2OS2. The Kier molecular flexibility index (Phi) is 4.22. The van der Waals surface area contributed by atoms with Gasteiger partial charge >= 0.3 is 0 Å². The van der Waals surface area contributed by atoms with E-state index < -0.39 is 0 Å². The summed E-state index contributed by atoms with van der Waals surface area (Å²) in [5.41, 5.74) is 0. The van der Waals surface area contributed by atoms with Crippen molar-refractivity contribution in [2.24, 2.45) is 0 Å². The van der Waals surface area contributed by atoms with Gasteiger partial charge in [-0.2, -0.15) is 11.8 Å². The third-order valence-electron chi connectivity index (χ3n) is 2.92. The molecule has 0 bridgehead atoms. The van der Waals surface area contributed by atoms with Gasteiger partial charge in [0.2, 0.25) is 5.91 Å². The Bertz CT molecular complexity index is 231. The Hall–Kier alpha value is 0.130. The summed E-state index contributed by atoms with van der Waals surface area (Å²) >= 11 is 3.82. The molecule has 1 amide bonds. The zero-order valence-electron chi connectivity index (χ0n) is 9.07. The summed E-state index contributed by atoms with van der Waals surface area (Å²) in [5.74, 6) is 3.29. The summed E-state index contributed by atoms with van der Waals surface area (Å²) in [5, 5.41) is 3.90. The van der Waals surface area contributed by atoms with Crippen LogP contribution < -0.4 is 5.32 Å². The molecule has 2 rings (SSSR count). The topological polar surface area (TPSA) is 32.3 Å². The molecule has 0 aromatic carbocycles. The van der Waals surface area contributed by atoms with Crippen LogP contribution >= 0.6 is 23.5 Å². The van der Waals surface area contributed by atoms with Crippen LogP contribution in [-0.4, -0.2) is 52.6 Å². The van der Waals surface area contributed by atoms with Gasteiger partial charge in [0.05, 0.1) is 6.04 Å². The molecule has 2 aliphatic heterocycles. The number of rotatable bonds is 2. The van der Waals surface area contributed by atoms with Crippen molar-refractivity contribution in [1.82, 2.24) is 10.2 Å². The summed E-state index contributed by atoms with van der Waals surface area (Å²) in [7, 11) is 0. The van der Waals surface area contributed by atoms with Gasteiger partial charge in [0, 0.05) is 35.7 Å². The number of nitrogens with zero attached hydrogens (tertiary/aromatic N) is 1. The molecule has 0 aromatic heterocycles. The second-order valence-corrected chi connectivity index (χ2v) is 6.40. The van der Waals surface area contributed by atoms with Crippen LogP contribution in [0.5, 0.6) is 0 Å². The van der Waals surface area contributed by atoms with Gasteiger partial charge < -0.3 is 4.90 Å². The summed E-state index contributed by atoms with van der Waals surface area (Å²) in [4.78, 5) is 14.2. The van der Waals surface area contributed by atoms with Crippen molar-refractivity contribution in [3.8, 4) is 0 Å². The van der Waals surface area contributed by atoms with Crippen LogP contribution in [0.1, 0.15) is 13.3 Å². The van der Waals surface area contributed by atoms with E-state index in [1.165, 1.54) is 6.42 Å². The zero-order valence-corrected chi connectivity index (χ0v) is 10.7. The molecular weight excluding hydrogens is 228 g/mol. The molecule has 2 heterocycles. The lowest BCUT2D eigenvalue weighted by molar-refractivity contribution is -0.132. The predicted octanol–water partition coefficient (Wildman–Crippen LogP) is 1.00. The van der Waals surface area contributed by atoms with Gasteiger partial charge in [0.15, 0.2) is 0 Å². The number of hydrogen-bond acceptors (Lipinski definition) is 4. The van der Waals surface area contributed by atoms with E-state index >= 15 is 0 Å². The standard InChI is InChI=1S/C10H18N2OS2/c1-2-8-5-12(3-4-15-8)10(13)9-6-14-7-11-9/h8-9,11H,2-7H2,1H3. The molecule has 0 saturated carbocycles. The van der Waals surface area contributed by atoms with Crippen molar-refractivity contribution < 1.29 is 4.79 Å². The van der Waals surface area contributed by atoms with Crippen molar-refractivity contribution in [2.75, 3.05) is 30.5 Å². The second kappa shape index (κ2) is 5.46. The van der Waals surface area contributed by atoms with E-state index in [1.54, 1.807) is 0 Å². The maximum atomic E-state index is 12.1. The summed E-state index contributed by atoms with van der Waals surface area (Å²) < 4.78 is 0. The van der Waals surface area contributed by atoms with E-state index in [0.717, 1.165) is 30.5 Å². The van der Waals surface area contributed by atoms with Gasteiger partial charge in [-0.1, -0.05) is 6.92 Å². The predicted molar refractivity (Wildman–Crippen MR) is 67.4 cm³/mol. The third-order valence-corrected chi connectivity index (χ3v) is 5.23. The van der Waals surface area contributed by atoms with Gasteiger partial charge in [-0.05, 0) is 6.42 Å². The van der Waals surface area contributed by atoms with Crippen molar-refractivity contribution in [2.45, 2.75) is 24.6 Å². The average molecular weight is 246 g/mol. The lowest BCUT2D eigenvalue weighted by atomic mass is 10.2. The first kappa shape index (κ1) is 11.6. The van der Waals surface area contributed by atoms with Gasteiger partial charge in [0.1, 0.15) is 0 Å². The van der Waals surface area contributed by atoms with Crippen LogP contribution in [0.25, 0.3) is 0 Å². The summed E-state index contributed by atoms with van der Waals surface area (Å²) in [6, 6.07) is 0.0793. The molecule has 5 heteroatoms. The van der Waals surface area contributed by atoms with E-state index in [9.17, 15) is 4.79 Å². The molecule has 86 valence electrons. The zero-order chi connectivity index (χ0) is 10.7. The molecule has 2 unspecified atom stereocenters. The largest absolute Gasteiger partial charge is 0.339 e. The van der Waals surface area contributed by atoms with Crippen LogP contribution in [0.3, 0.4) is 0 Å². The highest BCUT2D eigenvalue weighted by molar-refractivity contribution is 8.00. The molecule has 2 atom stereocenters. The number of carbonyl (C=O) groups is 1. The fourth-order valence-corrected chi connectivity index (χ4v) is 4.05. The lowest BCUT2D eigenvalue weighted by Gasteiger charge is -2.33. The Labute approximate surface area is 99.7 Å². The number of carbonyl (C=O) groups excluding carboxylic acids is 1. The number of hydrogen-bond donors (Lipinski definition) is 1. The first-order valence-corrected chi connectivity index (χ1v) is 7.73. The highest BCUT2D eigenvalue weighted by Gasteiger charge is 2.30. The van der Waals surface area contributed by atoms with E-state index in [4.69, 9.17) is 0 Å². The number of thioether (sulfide) groups is 2. The first-order chi connectivity index (χ1) is 7.31. The molecule has 0 radical (unpaired) electrons. The van der Waals surface area contributed by atoms with E-state index in [0.29, 0.717) is 11.2 Å². The summed E-state index contributed by atoms with van der Waals surface area (Å²) in [6.45, 7) is 4.08. The molecule has 2 fully saturated rings.